The van der Waals surface area contributed by atoms with E-state index in [-0.39, 0.29) is 17.2 Å². The molecule has 0 radical (unpaired) electrons. The van der Waals surface area contributed by atoms with Crippen LogP contribution in [0, 0.1) is 0 Å². The molecule has 0 amide bonds. The summed E-state index contributed by atoms with van der Waals surface area (Å²) < 4.78 is 45.7. The van der Waals surface area contributed by atoms with Crippen molar-refractivity contribution in [1.29, 1.82) is 0 Å². The Labute approximate surface area is 190 Å². The highest BCUT2D eigenvalue weighted by Crippen LogP contribution is 2.37. The number of esters is 1. The molecular formula is C24H16F3N5O2. The van der Waals surface area contributed by atoms with Crippen molar-refractivity contribution in [3.63, 3.8) is 0 Å². The molecular weight excluding hydrogens is 447 g/mol. The smallest absolute Gasteiger partial charge is 0.417 e. The van der Waals surface area contributed by atoms with Crippen LogP contribution < -0.4 is 5.32 Å². The fourth-order valence-electron chi connectivity index (χ4n) is 3.68. The summed E-state index contributed by atoms with van der Waals surface area (Å²) in [6, 6.07) is 17.0. The molecule has 0 spiro atoms. The van der Waals surface area contributed by atoms with Crippen LogP contribution >= 0.6 is 0 Å². The van der Waals surface area contributed by atoms with Crippen LogP contribution in [0.1, 0.15) is 15.9 Å². The van der Waals surface area contributed by atoms with Crippen molar-refractivity contribution in [2.45, 2.75) is 6.18 Å². The minimum atomic E-state index is -4.57. The van der Waals surface area contributed by atoms with Crippen LogP contribution in [0.4, 0.5) is 24.8 Å². The van der Waals surface area contributed by atoms with Crippen LogP contribution in [0.15, 0.2) is 66.7 Å². The topological polar surface area (TPSA) is 92.8 Å². The molecule has 0 unspecified atom stereocenters. The van der Waals surface area contributed by atoms with Crippen molar-refractivity contribution in [1.82, 2.24) is 20.2 Å². The standard InChI is InChI=1S/C24H16F3N5O2/c1-34-23(33)13-10-11-19-16(12-13)22(32-31-19)30-21-15-7-3-5-9-18(15)28-20(29-21)14-6-2-4-8-17(14)24(25,26)27/h2-12H,1H3,(H2,28,29,30,31,32). The number of anilines is 2. The van der Waals surface area contributed by atoms with Gasteiger partial charge in [-0.15, -0.1) is 0 Å². The van der Waals surface area contributed by atoms with Crippen molar-refractivity contribution < 1.29 is 22.7 Å². The van der Waals surface area contributed by atoms with E-state index in [0.29, 0.717) is 33.2 Å². The number of aromatic amines is 1. The Morgan fingerprint density at radius 2 is 1.71 bits per heavy atom. The molecule has 5 rings (SSSR count). The number of H-pyrrole nitrogens is 1. The molecule has 0 aliphatic rings. The lowest BCUT2D eigenvalue weighted by Gasteiger charge is -2.14. The van der Waals surface area contributed by atoms with Gasteiger partial charge < -0.3 is 10.1 Å². The van der Waals surface area contributed by atoms with Crippen molar-refractivity contribution in [3.8, 4) is 11.4 Å². The van der Waals surface area contributed by atoms with Crippen molar-refractivity contribution in [2.75, 3.05) is 12.4 Å². The number of nitrogens with one attached hydrogen (secondary N) is 2. The van der Waals surface area contributed by atoms with Gasteiger partial charge in [-0.05, 0) is 36.4 Å². The Morgan fingerprint density at radius 1 is 0.941 bits per heavy atom. The molecule has 2 N–H and O–H groups in total. The maximum atomic E-state index is 13.6. The van der Waals surface area contributed by atoms with E-state index in [1.165, 1.54) is 25.3 Å². The zero-order valence-electron chi connectivity index (χ0n) is 17.6. The first-order chi connectivity index (χ1) is 16.3. The summed E-state index contributed by atoms with van der Waals surface area (Å²) >= 11 is 0. The van der Waals surface area contributed by atoms with Crippen LogP contribution in [0.2, 0.25) is 0 Å². The van der Waals surface area contributed by atoms with Gasteiger partial charge in [-0.2, -0.15) is 18.3 Å². The summed E-state index contributed by atoms with van der Waals surface area (Å²) in [7, 11) is 1.29. The summed E-state index contributed by atoms with van der Waals surface area (Å²) in [5.41, 5.74) is 0.470. The highest BCUT2D eigenvalue weighted by atomic mass is 19.4. The highest BCUT2D eigenvalue weighted by Gasteiger charge is 2.34. The Morgan fingerprint density at radius 3 is 2.50 bits per heavy atom. The first kappa shape index (κ1) is 21.4. The Kier molecular flexibility index (Phi) is 5.12. The zero-order valence-corrected chi connectivity index (χ0v) is 17.6. The van der Waals surface area contributed by atoms with Crippen molar-refractivity contribution >= 4 is 39.4 Å². The minimum Gasteiger partial charge on any atom is -0.465 e. The molecule has 2 aromatic heterocycles. The molecule has 170 valence electrons. The van der Waals surface area contributed by atoms with Crippen LogP contribution in [-0.4, -0.2) is 33.2 Å². The van der Waals surface area contributed by atoms with Gasteiger partial charge in [0, 0.05) is 16.3 Å². The maximum absolute atomic E-state index is 13.6. The Bertz CT molecular complexity index is 1550. The van der Waals surface area contributed by atoms with Crippen LogP contribution in [0.5, 0.6) is 0 Å². The van der Waals surface area contributed by atoms with Crippen LogP contribution in [0.25, 0.3) is 33.2 Å². The minimum absolute atomic E-state index is 0.0794. The van der Waals surface area contributed by atoms with E-state index >= 15 is 0 Å². The quantitative estimate of drug-likeness (QED) is 0.331. The Balaban J connectivity index is 1.67. The van der Waals surface area contributed by atoms with Gasteiger partial charge in [0.2, 0.25) is 0 Å². The number of halogens is 3. The normalized spacial score (nSPS) is 11.6. The predicted octanol–water partition coefficient (Wildman–Crippen LogP) is 5.72. The average Bonchev–Trinajstić information content (AvgIpc) is 3.24. The second kappa shape index (κ2) is 8.14. The largest absolute Gasteiger partial charge is 0.465 e. The molecule has 34 heavy (non-hydrogen) atoms. The van der Waals surface area contributed by atoms with E-state index in [1.807, 2.05) is 0 Å². The molecule has 7 nitrogen and oxygen atoms in total. The number of fused-ring (bicyclic) bond motifs is 2. The van der Waals surface area contributed by atoms with Gasteiger partial charge in [0.25, 0.3) is 0 Å². The van der Waals surface area contributed by atoms with Gasteiger partial charge in [0.05, 0.1) is 29.3 Å². The van der Waals surface area contributed by atoms with Crippen molar-refractivity contribution in [2.24, 2.45) is 0 Å². The van der Waals surface area contributed by atoms with E-state index in [4.69, 9.17) is 4.74 Å². The molecule has 0 aliphatic carbocycles. The maximum Gasteiger partial charge on any atom is 0.417 e. The van der Waals surface area contributed by atoms with Gasteiger partial charge in [-0.3, -0.25) is 5.10 Å². The third-order valence-corrected chi connectivity index (χ3v) is 5.30. The first-order valence-electron chi connectivity index (χ1n) is 10.1. The van der Waals surface area contributed by atoms with E-state index < -0.39 is 17.7 Å². The van der Waals surface area contributed by atoms with Gasteiger partial charge in [-0.1, -0.05) is 30.3 Å². The number of carbonyl (C=O) groups is 1. The van der Waals surface area contributed by atoms with Crippen LogP contribution in [0.3, 0.4) is 0 Å². The molecule has 2 heterocycles. The van der Waals surface area contributed by atoms with Gasteiger partial charge in [0.1, 0.15) is 5.82 Å². The van der Waals surface area contributed by atoms with Crippen molar-refractivity contribution in [3.05, 3.63) is 77.9 Å². The van der Waals surface area contributed by atoms with E-state index in [1.54, 1.807) is 42.5 Å². The molecule has 3 aromatic carbocycles. The van der Waals surface area contributed by atoms with Gasteiger partial charge in [-0.25, -0.2) is 14.8 Å². The lowest BCUT2D eigenvalue weighted by Crippen LogP contribution is -2.08. The number of carbonyl (C=O) groups excluding carboxylic acids is 1. The van der Waals surface area contributed by atoms with E-state index in [2.05, 4.69) is 25.5 Å². The SMILES string of the molecule is COC(=O)c1ccc2[nH]nc(Nc3nc(-c4ccccc4C(F)(F)F)nc4ccccc34)c2c1. The lowest BCUT2D eigenvalue weighted by molar-refractivity contribution is -0.137. The summed E-state index contributed by atoms with van der Waals surface area (Å²) in [4.78, 5) is 20.8. The second-order valence-electron chi connectivity index (χ2n) is 7.41. The predicted molar refractivity (Wildman–Crippen MR) is 121 cm³/mol. The number of rotatable bonds is 4. The summed E-state index contributed by atoms with van der Waals surface area (Å²) in [5.74, 6) is 0.0332. The van der Waals surface area contributed by atoms with Gasteiger partial charge >= 0.3 is 12.1 Å². The summed E-state index contributed by atoms with van der Waals surface area (Å²) in [6.45, 7) is 0. The van der Waals surface area contributed by atoms with Gasteiger partial charge in [0.15, 0.2) is 11.6 Å². The number of nitrogens with zero attached hydrogens (tertiary/aromatic N) is 3. The zero-order chi connectivity index (χ0) is 23.9. The summed E-state index contributed by atoms with van der Waals surface area (Å²) in [5, 5.41) is 11.4. The Hall–Kier alpha value is -4.47. The number of hydrogen-bond acceptors (Lipinski definition) is 6. The monoisotopic (exact) mass is 463 g/mol. The molecule has 0 aliphatic heterocycles. The number of hydrogen-bond donors (Lipinski definition) is 2. The summed E-state index contributed by atoms with van der Waals surface area (Å²) in [6.07, 6.45) is -4.57. The molecule has 0 bridgehead atoms. The molecule has 0 fully saturated rings. The first-order valence-corrected chi connectivity index (χ1v) is 10.1. The number of para-hydroxylation sites is 1. The second-order valence-corrected chi connectivity index (χ2v) is 7.41. The highest BCUT2D eigenvalue weighted by molar-refractivity contribution is 6.00. The number of alkyl halides is 3. The third kappa shape index (κ3) is 3.79. The lowest BCUT2D eigenvalue weighted by atomic mass is 10.1. The third-order valence-electron chi connectivity index (χ3n) is 5.30. The van der Waals surface area contributed by atoms with E-state index in [9.17, 15) is 18.0 Å². The number of aromatic nitrogens is 4. The van der Waals surface area contributed by atoms with E-state index in [0.717, 1.165) is 6.07 Å². The number of ether oxygens (including phenoxy) is 1. The fourth-order valence-corrected chi connectivity index (χ4v) is 3.68. The molecule has 0 atom stereocenters. The molecule has 0 saturated carbocycles. The number of benzene rings is 3. The average molecular weight is 463 g/mol. The van der Waals surface area contributed by atoms with Crippen LogP contribution in [-0.2, 0) is 10.9 Å². The fraction of sp³-hybridized carbons (Fsp3) is 0.0833. The molecule has 10 heteroatoms. The molecule has 5 aromatic rings. The molecule has 0 saturated heterocycles. The number of methoxy groups -OCH3 is 1.